The lowest BCUT2D eigenvalue weighted by molar-refractivity contribution is 0.110. The van der Waals surface area contributed by atoms with Crippen molar-refractivity contribution in [3.8, 4) is 5.75 Å². The average Bonchev–Trinajstić information content (AvgIpc) is 2.61. The van der Waals surface area contributed by atoms with Crippen LogP contribution in [0.15, 0.2) is 27.4 Å². The molecule has 1 fully saturated rings. The Morgan fingerprint density at radius 3 is 2.92 bits per heavy atom. The summed E-state index contributed by atoms with van der Waals surface area (Å²) in [5.41, 5.74) is 1.72. The fourth-order valence-electron chi connectivity index (χ4n) is 4.20. The summed E-state index contributed by atoms with van der Waals surface area (Å²) >= 11 is 0. The number of aldehydes is 1. The SMILES string of the molecule is C[C@H]1C=C[C@H]2CCCC[C@H]2[C@@H]1c1cc(ONCCO)c(C=O)c(=O)o1. The van der Waals surface area contributed by atoms with Crippen molar-refractivity contribution < 1.29 is 19.2 Å². The van der Waals surface area contributed by atoms with Crippen molar-refractivity contribution in [3.05, 3.63) is 40.0 Å². The van der Waals surface area contributed by atoms with Gasteiger partial charge in [-0.15, -0.1) is 0 Å². The highest BCUT2D eigenvalue weighted by molar-refractivity contribution is 5.78. The molecule has 6 heteroatoms. The van der Waals surface area contributed by atoms with Gasteiger partial charge in [0.2, 0.25) is 0 Å². The standard InChI is InChI=1S/C19H25NO5/c1-12-6-7-13-4-2-3-5-14(13)18(12)17-10-16(25-20-8-9-21)15(11-22)19(23)24-17/h6-7,10-14,18,20-21H,2-5,8-9H2,1H3/t12-,13+,14+,18+/m0/s1. The molecule has 2 N–H and O–H groups in total. The maximum atomic E-state index is 12.3. The van der Waals surface area contributed by atoms with E-state index in [4.69, 9.17) is 14.4 Å². The molecule has 1 aromatic rings. The summed E-state index contributed by atoms with van der Waals surface area (Å²) in [6, 6.07) is 1.65. The Labute approximate surface area is 146 Å². The van der Waals surface area contributed by atoms with Crippen LogP contribution in [0.5, 0.6) is 5.75 Å². The van der Waals surface area contributed by atoms with Crippen LogP contribution in [0.2, 0.25) is 0 Å². The molecule has 0 amide bonds. The predicted octanol–water partition coefficient (Wildman–Crippen LogP) is 2.42. The Hall–Kier alpha value is -1.92. The molecule has 4 atom stereocenters. The Morgan fingerprint density at radius 2 is 2.16 bits per heavy atom. The number of allylic oxidation sites excluding steroid dienone is 2. The number of carbonyl (C=O) groups excluding carboxylic acids is 1. The van der Waals surface area contributed by atoms with Gasteiger partial charge in [-0.3, -0.25) is 4.79 Å². The number of carbonyl (C=O) groups is 1. The fraction of sp³-hybridized carbons (Fsp3) is 0.579. The van der Waals surface area contributed by atoms with E-state index in [0.717, 1.165) is 6.42 Å². The minimum Gasteiger partial charge on any atom is -0.427 e. The molecular formula is C19H25NO5. The van der Waals surface area contributed by atoms with E-state index in [1.165, 1.54) is 19.3 Å². The molecule has 3 rings (SSSR count). The van der Waals surface area contributed by atoms with Crippen LogP contribution in [0.1, 0.15) is 54.6 Å². The fourth-order valence-corrected chi connectivity index (χ4v) is 4.20. The minimum absolute atomic E-state index is 0.101. The van der Waals surface area contributed by atoms with Gasteiger partial charge in [-0.2, -0.15) is 5.48 Å². The molecule has 2 aliphatic carbocycles. The van der Waals surface area contributed by atoms with Crippen molar-refractivity contribution in [1.29, 1.82) is 0 Å². The van der Waals surface area contributed by atoms with Crippen LogP contribution in [-0.4, -0.2) is 24.5 Å². The van der Waals surface area contributed by atoms with E-state index < -0.39 is 5.63 Å². The minimum atomic E-state index is -0.678. The molecule has 1 heterocycles. The van der Waals surface area contributed by atoms with Gasteiger partial charge in [0.25, 0.3) is 0 Å². The number of rotatable bonds is 6. The summed E-state index contributed by atoms with van der Waals surface area (Å²) in [4.78, 5) is 28.8. The summed E-state index contributed by atoms with van der Waals surface area (Å²) in [7, 11) is 0. The molecule has 0 saturated heterocycles. The maximum Gasteiger partial charge on any atom is 0.350 e. The third-order valence-electron chi connectivity index (χ3n) is 5.38. The zero-order valence-corrected chi connectivity index (χ0v) is 14.4. The largest absolute Gasteiger partial charge is 0.427 e. The van der Waals surface area contributed by atoms with Crippen molar-refractivity contribution in [2.75, 3.05) is 13.2 Å². The summed E-state index contributed by atoms with van der Waals surface area (Å²) in [5.74, 6) is 2.04. The molecule has 6 nitrogen and oxygen atoms in total. The number of nitrogens with one attached hydrogen (secondary N) is 1. The molecular weight excluding hydrogens is 322 g/mol. The number of hydrogen-bond acceptors (Lipinski definition) is 6. The van der Waals surface area contributed by atoms with Crippen LogP contribution in [0.3, 0.4) is 0 Å². The Bertz CT molecular complexity index is 696. The zero-order chi connectivity index (χ0) is 17.8. The van der Waals surface area contributed by atoms with Crippen molar-refractivity contribution in [2.45, 2.75) is 38.5 Å². The van der Waals surface area contributed by atoms with Gasteiger partial charge >= 0.3 is 5.63 Å². The highest BCUT2D eigenvalue weighted by atomic mass is 16.6. The third-order valence-corrected chi connectivity index (χ3v) is 5.38. The van der Waals surface area contributed by atoms with Gasteiger partial charge in [0.15, 0.2) is 12.0 Å². The Morgan fingerprint density at radius 1 is 1.36 bits per heavy atom. The quantitative estimate of drug-likeness (QED) is 0.356. The first-order valence-electron chi connectivity index (χ1n) is 8.97. The van der Waals surface area contributed by atoms with E-state index in [2.05, 4.69) is 24.6 Å². The molecule has 136 valence electrons. The number of aliphatic hydroxyl groups excluding tert-OH is 1. The summed E-state index contributed by atoms with van der Waals surface area (Å²) in [5, 5.41) is 8.85. The summed E-state index contributed by atoms with van der Waals surface area (Å²) < 4.78 is 5.53. The molecule has 2 aliphatic rings. The molecule has 0 bridgehead atoms. The number of fused-ring (bicyclic) bond motifs is 1. The molecule has 1 saturated carbocycles. The van der Waals surface area contributed by atoms with Crippen molar-refractivity contribution in [2.24, 2.45) is 17.8 Å². The molecule has 25 heavy (non-hydrogen) atoms. The molecule has 0 unspecified atom stereocenters. The van der Waals surface area contributed by atoms with Gasteiger partial charge in [0.05, 0.1) is 13.2 Å². The van der Waals surface area contributed by atoms with Gasteiger partial charge in [-0.25, -0.2) is 4.79 Å². The molecule has 0 aliphatic heterocycles. The first-order valence-corrected chi connectivity index (χ1v) is 8.97. The van der Waals surface area contributed by atoms with E-state index >= 15 is 0 Å². The maximum absolute atomic E-state index is 12.3. The molecule has 0 aromatic carbocycles. The molecule has 0 spiro atoms. The zero-order valence-electron chi connectivity index (χ0n) is 14.4. The number of aliphatic hydroxyl groups is 1. The smallest absolute Gasteiger partial charge is 0.350 e. The first kappa shape index (κ1) is 17.9. The summed E-state index contributed by atoms with van der Waals surface area (Å²) in [6.45, 7) is 2.21. The van der Waals surface area contributed by atoms with Gasteiger partial charge < -0.3 is 14.4 Å². The van der Waals surface area contributed by atoms with Crippen molar-refractivity contribution >= 4 is 6.29 Å². The van der Waals surface area contributed by atoms with E-state index in [0.29, 0.717) is 23.9 Å². The predicted molar refractivity (Wildman–Crippen MR) is 92.6 cm³/mol. The van der Waals surface area contributed by atoms with Gasteiger partial charge in [0, 0.05) is 12.0 Å². The lowest BCUT2D eigenvalue weighted by Gasteiger charge is -2.40. The second-order valence-electron chi connectivity index (χ2n) is 6.93. The van der Waals surface area contributed by atoms with E-state index in [1.807, 2.05) is 0 Å². The number of hydrogen-bond donors (Lipinski definition) is 2. The van der Waals surface area contributed by atoms with Gasteiger partial charge in [0.1, 0.15) is 11.3 Å². The number of hydroxylamine groups is 1. The highest BCUT2D eigenvalue weighted by Gasteiger charge is 2.38. The van der Waals surface area contributed by atoms with Crippen LogP contribution in [0.25, 0.3) is 0 Å². The first-order chi connectivity index (χ1) is 12.2. The van der Waals surface area contributed by atoms with Crippen LogP contribution >= 0.6 is 0 Å². The van der Waals surface area contributed by atoms with Crippen LogP contribution in [-0.2, 0) is 0 Å². The van der Waals surface area contributed by atoms with E-state index in [1.54, 1.807) is 6.07 Å². The van der Waals surface area contributed by atoms with Gasteiger partial charge in [-0.05, 0) is 30.6 Å². The van der Waals surface area contributed by atoms with Crippen LogP contribution in [0, 0.1) is 17.8 Å². The van der Waals surface area contributed by atoms with Gasteiger partial charge in [-0.1, -0.05) is 31.9 Å². The normalized spacial score (nSPS) is 28.4. The van der Waals surface area contributed by atoms with Crippen molar-refractivity contribution in [1.82, 2.24) is 5.48 Å². The average molecular weight is 347 g/mol. The monoisotopic (exact) mass is 347 g/mol. The molecule has 1 aromatic heterocycles. The lowest BCUT2D eigenvalue weighted by atomic mass is 9.64. The van der Waals surface area contributed by atoms with Crippen molar-refractivity contribution in [3.63, 3.8) is 0 Å². The second kappa shape index (κ2) is 7.97. The van der Waals surface area contributed by atoms with Crippen LogP contribution < -0.4 is 15.9 Å². The molecule has 0 radical (unpaired) electrons. The second-order valence-corrected chi connectivity index (χ2v) is 6.93. The van der Waals surface area contributed by atoms with E-state index in [9.17, 15) is 9.59 Å². The van der Waals surface area contributed by atoms with E-state index in [-0.39, 0.29) is 36.3 Å². The Kier molecular flexibility index (Phi) is 5.71. The third kappa shape index (κ3) is 3.70. The highest BCUT2D eigenvalue weighted by Crippen LogP contribution is 2.48. The summed E-state index contributed by atoms with van der Waals surface area (Å²) in [6.07, 6.45) is 9.67. The Balaban J connectivity index is 1.96. The van der Waals surface area contributed by atoms with Crippen LogP contribution in [0.4, 0.5) is 0 Å². The topological polar surface area (TPSA) is 88.8 Å². The lowest BCUT2D eigenvalue weighted by Crippen LogP contribution is -2.32.